The van der Waals surface area contributed by atoms with Gasteiger partial charge in [-0.2, -0.15) is 13.2 Å². The molecule has 148 valence electrons. The maximum atomic E-state index is 13.6. The van der Waals surface area contributed by atoms with Crippen LogP contribution in [0.2, 0.25) is 0 Å². The summed E-state index contributed by atoms with van der Waals surface area (Å²) in [5, 5.41) is 2.55. The van der Waals surface area contributed by atoms with Gasteiger partial charge in [-0.05, 0) is 18.6 Å². The Morgan fingerprint density at radius 1 is 1.18 bits per heavy atom. The Hall–Kier alpha value is -2.75. The second-order valence-corrected chi connectivity index (χ2v) is 6.91. The first-order valence-corrected chi connectivity index (χ1v) is 8.75. The van der Waals surface area contributed by atoms with Gasteiger partial charge in [0.25, 0.3) is 0 Å². The molecule has 4 heterocycles. The number of piperazine rings is 1. The van der Waals surface area contributed by atoms with Crippen LogP contribution in [0.4, 0.5) is 29.1 Å². The summed E-state index contributed by atoms with van der Waals surface area (Å²) in [6.07, 6.45) is -2.74. The number of alkyl halides is 3. The van der Waals surface area contributed by atoms with E-state index >= 15 is 0 Å². The number of carbonyl (C=O) groups excluding carboxylic acids is 1. The van der Waals surface area contributed by atoms with Crippen molar-refractivity contribution in [2.45, 2.75) is 24.7 Å². The van der Waals surface area contributed by atoms with Crippen LogP contribution in [-0.2, 0) is 11.0 Å². The van der Waals surface area contributed by atoms with Gasteiger partial charge in [-0.1, -0.05) is 12.1 Å². The molecule has 3 saturated heterocycles. The molecule has 2 unspecified atom stereocenters. The van der Waals surface area contributed by atoms with Gasteiger partial charge in [-0.15, -0.1) is 0 Å². The van der Waals surface area contributed by atoms with Gasteiger partial charge >= 0.3 is 6.18 Å². The lowest BCUT2D eigenvalue weighted by molar-refractivity contribution is -0.141. The number of piperidine rings is 1. The summed E-state index contributed by atoms with van der Waals surface area (Å²) in [7, 11) is 0. The summed E-state index contributed by atoms with van der Waals surface area (Å²) >= 11 is 0. The number of nitrogens with one attached hydrogen (secondary N) is 1. The van der Waals surface area contributed by atoms with Crippen molar-refractivity contribution in [1.82, 2.24) is 14.9 Å². The number of hydrogen-bond acceptors (Lipinski definition) is 5. The van der Waals surface area contributed by atoms with Crippen molar-refractivity contribution < 1.29 is 22.4 Å². The lowest BCUT2D eigenvalue weighted by atomic mass is 9.87. The molecule has 2 atom stereocenters. The number of anilines is 2. The van der Waals surface area contributed by atoms with Crippen LogP contribution in [-0.4, -0.2) is 52.5 Å². The number of benzene rings is 1. The Labute approximate surface area is 158 Å². The van der Waals surface area contributed by atoms with E-state index in [9.17, 15) is 22.4 Å². The molecule has 1 aromatic heterocycles. The zero-order valence-electron chi connectivity index (χ0n) is 14.7. The lowest BCUT2D eigenvalue weighted by Gasteiger charge is -2.56. The van der Waals surface area contributed by atoms with Gasteiger partial charge in [-0.25, -0.2) is 14.4 Å². The normalized spacial score (nSPS) is 21.9. The number of halogens is 4. The molecule has 1 aromatic carbocycles. The van der Waals surface area contributed by atoms with E-state index in [0.29, 0.717) is 13.1 Å². The zero-order chi connectivity index (χ0) is 19.9. The van der Waals surface area contributed by atoms with Gasteiger partial charge in [0.2, 0.25) is 5.91 Å². The van der Waals surface area contributed by atoms with Crippen LogP contribution in [0.1, 0.15) is 12.1 Å². The summed E-state index contributed by atoms with van der Waals surface area (Å²) in [5.74, 6) is -0.600. The largest absolute Gasteiger partial charge is 0.433 e. The van der Waals surface area contributed by atoms with Gasteiger partial charge in [-0.3, -0.25) is 9.69 Å². The van der Waals surface area contributed by atoms with Gasteiger partial charge < -0.3 is 10.2 Å². The fourth-order valence-corrected chi connectivity index (χ4v) is 3.73. The van der Waals surface area contributed by atoms with E-state index in [4.69, 9.17) is 0 Å². The standard InChI is InChI=1S/C18H17F4N5O/c19-13-3-1-2-4-14(13)25-17(28)9-27-11-5-12(27)8-26(7-11)16-6-15(18(20,21)22)23-10-24-16/h1-4,6,10-12H,5,7-9H2,(H,25,28). The van der Waals surface area contributed by atoms with E-state index in [1.54, 1.807) is 11.0 Å². The highest BCUT2D eigenvalue weighted by molar-refractivity contribution is 5.92. The van der Waals surface area contributed by atoms with E-state index < -0.39 is 17.7 Å². The topological polar surface area (TPSA) is 61.4 Å². The molecular formula is C18H17F4N5O. The van der Waals surface area contributed by atoms with Crippen molar-refractivity contribution in [3.05, 3.63) is 48.2 Å². The SMILES string of the molecule is O=C(CN1C2CC1CN(c1cc(C(F)(F)F)ncn1)C2)Nc1ccccc1F. The fraction of sp³-hybridized carbons (Fsp3) is 0.389. The number of carbonyl (C=O) groups is 1. The third kappa shape index (κ3) is 3.64. The second-order valence-electron chi connectivity index (χ2n) is 6.91. The molecule has 0 radical (unpaired) electrons. The average Bonchev–Trinajstić information content (AvgIpc) is 2.67. The van der Waals surface area contributed by atoms with Gasteiger partial charge in [0.05, 0.1) is 12.2 Å². The van der Waals surface area contributed by atoms with E-state index in [-0.39, 0.29) is 36.0 Å². The van der Waals surface area contributed by atoms with Gasteiger partial charge in [0.15, 0.2) is 0 Å². The molecular weight excluding hydrogens is 378 g/mol. The van der Waals surface area contributed by atoms with Crippen LogP contribution >= 0.6 is 0 Å². The molecule has 10 heteroatoms. The molecule has 0 spiro atoms. The maximum Gasteiger partial charge on any atom is 0.433 e. The number of para-hydroxylation sites is 1. The van der Waals surface area contributed by atoms with Crippen LogP contribution in [0, 0.1) is 5.82 Å². The number of fused-ring (bicyclic) bond motifs is 2. The van der Waals surface area contributed by atoms with Gasteiger partial charge in [0.1, 0.15) is 23.7 Å². The molecule has 2 bridgehead atoms. The van der Waals surface area contributed by atoms with Crippen LogP contribution in [0.5, 0.6) is 0 Å². The Kier molecular flexibility index (Phi) is 4.66. The van der Waals surface area contributed by atoms with Crippen molar-refractivity contribution in [2.75, 3.05) is 29.9 Å². The number of aromatic nitrogens is 2. The number of nitrogens with zero attached hydrogens (tertiary/aromatic N) is 4. The minimum absolute atomic E-state index is 0.0365. The Morgan fingerprint density at radius 3 is 2.57 bits per heavy atom. The van der Waals surface area contributed by atoms with Crippen LogP contribution in [0.15, 0.2) is 36.7 Å². The third-order valence-corrected chi connectivity index (χ3v) is 5.09. The number of hydrogen-bond donors (Lipinski definition) is 1. The van der Waals surface area contributed by atoms with Crippen LogP contribution in [0.3, 0.4) is 0 Å². The molecule has 1 N–H and O–H groups in total. The molecule has 3 aliphatic rings. The highest BCUT2D eigenvalue weighted by Crippen LogP contribution is 2.35. The van der Waals surface area contributed by atoms with Crippen molar-refractivity contribution >= 4 is 17.4 Å². The summed E-state index contributed by atoms with van der Waals surface area (Å²) in [4.78, 5) is 23.2. The van der Waals surface area contributed by atoms with E-state index in [0.717, 1.165) is 18.8 Å². The molecule has 5 rings (SSSR count). The van der Waals surface area contributed by atoms with E-state index in [2.05, 4.69) is 15.3 Å². The minimum atomic E-state index is -4.52. The first kappa shape index (κ1) is 18.6. The average molecular weight is 395 g/mol. The Morgan fingerprint density at radius 2 is 1.89 bits per heavy atom. The predicted molar refractivity (Wildman–Crippen MR) is 93.2 cm³/mol. The molecule has 28 heavy (non-hydrogen) atoms. The van der Waals surface area contributed by atoms with Crippen molar-refractivity contribution in [1.29, 1.82) is 0 Å². The number of rotatable bonds is 4. The smallest absolute Gasteiger partial charge is 0.353 e. The predicted octanol–water partition coefficient (Wildman–Crippen LogP) is 2.54. The van der Waals surface area contributed by atoms with E-state index in [1.165, 1.54) is 18.2 Å². The Bertz CT molecular complexity index is 878. The fourth-order valence-electron chi connectivity index (χ4n) is 3.73. The molecule has 0 saturated carbocycles. The minimum Gasteiger partial charge on any atom is -0.353 e. The zero-order valence-corrected chi connectivity index (χ0v) is 14.7. The van der Waals surface area contributed by atoms with E-state index in [1.807, 2.05) is 4.90 Å². The molecule has 6 nitrogen and oxygen atoms in total. The molecule has 2 aromatic rings. The third-order valence-electron chi connectivity index (χ3n) is 5.09. The summed E-state index contributed by atoms with van der Waals surface area (Å²) < 4.78 is 52.2. The summed E-state index contributed by atoms with van der Waals surface area (Å²) in [6.45, 7) is 1.05. The molecule has 3 fully saturated rings. The number of amides is 1. The van der Waals surface area contributed by atoms with Crippen molar-refractivity contribution in [3.63, 3.8) is 0 Å². The second kappa shape index (κ2) is 7.01. The highest BCUT2D eigenvalue weighted by Gasteiger charge is 2.46. The highest BCUT2D eigenvalue weighted by atomic mass is 19.4. The summed E-state index contributed by atoms with van der Waals surface area (Å²) in [5.41, 5.74) is -0.849. The van der Waals surface area contributed by atoms with Crippen LogP contribution in [0.25, 0.3) is 0 Å². The molecule has 1 amide bonds. The summed E-state index contributed by atoms with van der Waals surface area (Å²) in [6, 6.07) is 6.94. The lowest BCUT2D eigenvalue weighted by Crippen LogP contribution is -2.69. The Balaban J connectivity index is 1.37. The molecule has 3 aliphatic heterocycles. The quantitative estimate of drug-likeness (QED) is 0.807. The first-order chi connectivity index (χ1) is 13.3. The van der Waals surface area contributed by atoms with Crippen molar-refractivity contribution in [2.24, 2.45) is 0 Å². The maximum absolute atomic E-state index is 13.6. The van der Waals surface area contributed by atoms with Crippen molar-refractivity contribution in [3.8, 4) is 0 Å². The monoisotopic (exact) mass is 395 g/mol. The van der Waals surface area contributed by atoms with Crippen LogP contribution < -0.4 is 10.2 Å². The first-order valence-electron chi connectivity index (χ1n) is 8.75. The van der Waals surface area contributed by atoms with Gasteiger partial charge in [0, 0.05) is 31.2 Å². The molecule has 0 aliphatic carbocycles.